The Morgan fingerprint density at radius 2 is 2.04 bits per heavy atom. The zero-order chi connectivity index (χ0) is 19.0. The third-order valence-corrected chi connectivity index (χ3v) is 5.57. The molecule has 2 aliphatic heterocycles. The average Bonchev–Trinajstić information content (AvgIpc) is 2.67. The van der Waals surface area contributed by atoms with Crippen molar-refractivity contribution in [3.05, 3.63) is 53.3 Å². The summed E-state index contributed by atoms with van der Waals surface area (Å²) in [6, 6.07) is 8.02. The third-order valence-electron chi connectivity index (χ3n) is 5.57. The molecule has 1 unspecified atom stereocenters. The van der Waals surface area contributed by atoms with Crippen LogP contribution >= 0.6 is 0 Å². The molecule has 0 spiro atoms. The maximum atomic E-state index is 11.5. The number of hydrogen-bond donors (Lipinski definition) is 2. The molecule has 0 saturated carbocycles. The van der Waals surface area contributed by atoms with E-state index in [2.05, 4.69) is 35.1 Å². The molecule has 142 valence electrons. The van der Waals surface area contributed by atoms with Crippen LogP contribution in [-0.2, 0) is 11.2 Å². The highest BCUT2D eigenvalue weighted by Gasteiger charge is 2.36. The summed E-state index contributed by atoms with van der Waals surface area (Å²) in [5, 5.41) is 3.66. The van der Waals surface area contributed by atoms with Gasteiger partial charge in [-0.15, -0.1) is 0 Å². The van der Waals surface area contributed by atoms with Crippen molar-refractivity contribution in [3.8, 4) is 0 Å². The van der Waals surface area contributed by atoms with Gasteiger partial charge < -0.3 is 20.7 Å². The lowest BCUT2D eigenvalue weighted by atomic mass is 9.73. The maximum Gasteiger partial charge on any atom is 0.248 e. The lowest BCUT2D eigenvalue weighted by Gasteiger charge is -2.41. The van der Waals surface area contributed by atoms with E-state index in [0.717, 1.165) is 49.7 Å². The summed E-state index contributed by atoms with van der Waals surface area (Å²) in [6.07, 6.45) is 4.74. The van der Waals surface area contributed by atoms with Gasteiger partial charge in [0.1, 0.15) is 0 Å². The zero-order valence-electron chi connectivity index (χ0n) is 15.9. The summed E-state index contributed by atoms with van der Waals surface area (Å²) >= 11 is 0. The highest BCUT2D eigenvalue weighted by molar-refractivity contribution is 5.93. The van der Waals surface area contributed by atoms with Crippen molar-refractivity contribution >= 4 is 17.3 Å². The van der Waals surface area contributed by atoms with Crippen molar-refractivity contribution in [1.82, 2.24) is 4.98 Å². The minimum absolute atomic E-state index is 0.0332. The number of carbonyl (C=O) groups excluding carboxylic acids is 1. The molecule has 1 atom stereocenters. The van der Waals surface area contributed by atoms with Crippen LogP contribution in [0.3, 0.4) is 0 Å². The van der Waals surface area contributed by atoms with E-state index in [-0.39, 0.29) is 17.4 Å². The SMILES string of the molecule is CC1(C)Cc2cc(C(N)=O)ccc2NC1c1cncc(N2CCOCC2)c1. The number of ether oxygens (including phenoxy) is 1. The van der Waals surface area contributed by atoms with Gasteiger partial charge in [0.05, 0.1) is 31.1 Å². The van der Waals surface area contributed by atoms with Crippen LogP contribution in [0.5, 0.6) is 0 Å². The van der Waals surface area contributed by atoms with Crippen LogP contribution in [0.15, 0.2) is 36.7 Å². The van der Waals surface area contributed by atoms with Gasteiger partial charge >= 0.3 is 0 Å². The summed E-state index contributed by atoms with van der Waals surface area (Å²) in [5.74, 6) is -0.389. The molecule has 3 heterocycles. The fourth-order valence-corrected chi connectivity index (χ4v) is 4.11. The largest absolute Gasteiger partial charge is 0.378 e. The van der Waals surface area contributed by atoms with Crippen LogP contribution in [0.2, 0.25) is 0 Å². The van der Waals surface area contributed by atoms with Crippen LogP contribution < -0.4 is 16.0 Å². The average molecular weight is 366 g/mol. The quantitative estimate of drug-likeness (QED) is 0.873. The predicted molar refractivity (Wildman–Crippen MR) is 106 cm³/mol. The summed E-state index contributed by atoms with van der Waals surface area (Å²) in [7, 11) is 0. The molecule has 2 aromatic rings. The lowest BCUT2D eigenvalue weighted by Crippen LogP contribution is -2.37. The standard InChI is InChI=1S/C21H26N4O2/c1-21(2)11-15-9-14(20(22)26)3-4-18(15)24-19(21)16-10-17(13-23-12-16)25-5-7-27-8-6-25/h3-4,9-10,12-13,19,24H,5-8,11H2,1-2H3,(H2,22,26). The van der Waals surface area contributed by atoms with Gasteiger partial charge in [0.2, 0.25) is 5.91 Å². The molecule has 1 aromatic carbocycles. The van der Waals surface area contributed by atoms with Crippen LogP contribution in [0, 0.1) is 5.41 Å². The van der Waals surface area contributed by atoms with Crippen molar-refractivity contribution in [2.24, 2.45) is 11.1 Å². The molecule has 27 heavy (non-hydrogen) atoms. The number of primary amides is 1. The van der Waals surface area contributed by atoms with Crippen molar-refractivity contribution in [1.29, 1.82) is 0 Å². The highest BCUT2D eigenvalue weighted by atomic mass is 16.5. The Kier molecular flexibility index (Phi) is 4.52. The van der Waals surface area contributed by atoms with E-state index in [4.69, 9.17) is 10.5 Å². The zero-order valence-corrected chi connectivity index (χ0v) is 15.9. The number of aromatic nitrogens is 1. The number of hydrogen-bond acceptors (Lipinski definition) is 5. The van der Waals surface area contributed by atoms with Crippen LogP contribution in [0.1, 0.15) is 41.4 Å². The minimum atomic E-state index is -0.389. The maximum absolute atomic E-state index is 11.5. The number of amides is 1. The predicted octanol–water partition coefficient (Wildman–Crippen LogP) is 2.75. The van der Waals surface area contributed by atoms with E-state index in [9.17, 15) is 4.79 Å². The first-order valence-corrected chi connectivity index (χ1v) is 9.41. The first-order valence-electron chi connectivity index (χ1n) is 9.41. The Labute approximate surface area is 159 Å². The molecule has 6 heteroatoms. The van der Waals surface area contributed by atoms with Gasteiger partial charge in [-0.3, -0.25) is 9.78 Å². The topological polar surface area (TPSA) is 80.5 Å². The second-order valence-corrected chi connectivity index (χ2v) is 8.05. The van der Waals surface area contributed by atoms with E-state index in [0.29, 0.717) is 5.56 Å². The molecule has 1 aromatic heterocycles. The van der Waals surface area contributed by atoms with Gasteiger partial charge in [0, 0.05) is 30.5 Å². The van der Waals surface area contributed by atoms with Crippen LogP contribution in [0.4, 0.5) is 11.4 Å². The molecule has 6 nitrogen and oxygen atoms in total. The fraction of sp³-hybridized carbons (Fsp3) is 0.429. The Bertz CT molecular complexity index is 859. The molecule has 0 bridgehead atoms. The third kappa shape index (κ3) is 3.49. The second kappa shape index (κ2) is 6.85. The number of nitrogens with two attached hydrogens (primary N) is 1. The number of morpholine rings is 1. The van der Waals surface area contributed by atoms with E-state index < -0.39 is 0 Å². The van der Waals surface area contributed by atoms with E-state index in [1.807, 2.05) is 24.5 Å². The molecule has 1 fully saturated rings. The molecule has 1 saturated heterocycles. The van der Waals surface area contributed by atoms with Gasteiger partial charge in [-0.05, 0) is 47.2 Å². The molecule has 1 amide bonds. The first-order chi connectivity index (χ1) is 12.9. The van der Waals surface area contributed by atoms with E-state index in [1.165, 1.54) is 5.56 Å². The van der Waals surface area contributed by atoms with Crippen LogP contribution in [-0.4, -0.2) is 37.2 Å². The van der Waals surface area contributed by atoms with Gasteiger partial charge in [0.25, 0.3) is 0 Å². The monoisotopic (exact) mass is 366 g/mol. The number of nitrogens with zero attached hydrogens (tertiary/aromatic N) is 2. The summed E-state index contributed by atoms with van der Waals surface area (Å²) < 4.78 is 5.46. The van der Waals surface area contributed by atoms with Crippen molar-refractivity contribution in [2.45, 2.75) is 26.3 Å². The first kappa shape index (κ1) is 17.8. The van der Waals surface area contributed by atoms with E-state index >= 15 is 0 Å². The highest BCUT2D eigenvalue weighted by Crippen LogP contribution is 2.45. The summed E-state index contributed by atoms with van der Waals surface area (Å²) in [6.45, 7) is 7.79. The minimum Gasteiger partial charge on any atom is -0.378 e. The smallest absolute Gasteiger partial charge is 0.248 e. The lowest BCUT2D eigenvalue weighted by molar-refractivity contribution is 0.1000. The van der Waals surface area contributed by atoms with Gasteiger partial charge in [0.15, 0.2) is 0 Å². The van der Waals surface area contributed by atoms with Crippen molar-refractivity contribution in [2.75, 3.05) is 36.5 Å². The van der Waals surface area contributed by atoms with E-state index in [1.54, 1.807) is 6.07 Å². The molecule has 0 radical (unpaired) electrons. The number of rotatable bonds is 3. The molecule has 3 N–H and O–H groups in total. The molecule has 4 rings (SSSR count). The number of carbonyl (C=O) groups is 1. The molecule has 0 aliphatic carbocycles. The Morgan fingerprint density at radius 1 is 1.26 bits per heavy atom. The normalized spacial score (nSPS) is 21.3. The Balaban J connectivity index is 1.65. The Hall–Kier alpha value is -2.60. The van der Waals surface area contributed by atoms with Crippen LogP contribution in [0.25, 0.3) is 0 Å². The van der Waals surface area contributed by atoms with Gasteiger partial charge in [-0.2, -0.15) is 0 Å². The Morgan fingerprint density at radius 3 is 2.78 bits per heavy atom. The fourth-order valence-electron chi connectivity index (χ4n) is 4.11. The number of fused-ring (bicyclic) bond motifs is 1. The number of anilines is 2. The summed E-state index contributed by atoms with van der Waals surface area (Å²) in [5.41, 5.74) is 10.5. The molecule has 2 aliphatic rings. The summed E-state index contributed by atoms with van der Waals surface area (Å²) in [4.78, 5) is 18.3. The second-order valence-electron chi connectivity index (χ2n) is 8.05. The van der Waals surface area contributed by atoms with Crippen molar-refractivity contribution in [3.63, 3.8) is 0 Å². The van der Waals surface area contributed by atoms with Gasteiger partial charge in [-0.1, -0.05) is 13.8 Å². The number of benzene rings is 1. The van der Waals surface area contributed by atoms with Crippen molar-refractivity contribution < 1.29 is 9.53 Å². The molecular formula is C21H26N4O2. The molecular weight excluding hydrogens is 340 g/mol. The number of nitrogens with one attached hydrogen (secondary N) is 1. The number of pyridine rings is 1. The van der Waals surface area contributed by atoms with Gasteiger partial charge in [-0.25, -0.2) is 0 Å².